The highest BCUT2D eigenvalue weighted by Gasteiger charge is 2.10. The third kappa shape index (κ3) is 4.56. The standard InChI is InChI=1S/C16H15F2NO2/c17-13-3-1-12(2-4-13)11-19(10-9-16(20)21)15-7-5-14(18)6-8-15/h1-8H,9-11H2,(H,20,21). The maximum absolute atomic E-state index is 13.0. The lowest BCUT2D eigenvalue weighted by Gasteiger charge is -2.24. The number of hydrogen-bond donors (Lipinski definition) is 1. The molecule has 3 nitrogen and oxygen atoms in total. The number of benzene rings is 2. The topological polar surface area (TPSA) is 40.5 Å². The van der Waals surface area contributed by atoms with E-state index in [1.54, 1.807) is 24.3 Å². The Labute approximate surface area is 121 Å². The molecular weight excluding hydrogens is 276 g/mol. The second-order valence-corrected chi connectivity index (χ2v) is 4.67. The van der Waals surface area contributed by atoms with Gasteiger partial charge in [-0.05, 0) is 42.0 Å². The molecule has 0 radical (unpaired) electrons. The first-order valence-corrected chi connectivity index (χ1v) is 6.51. The predicted octanol–water partition coefficient (Wildman–Crippen LogP) is 3.45. The number of nitrogens with zero attached hydrogens (tertiary/aromatic N) is 1. The average Bonchev–Trinajstić information content (AvgIpc) is 2.46. The Morgan fingerprint density at radius 1 is 0.952 bits per heavy atom. The van der Waals surface area contributed by atoms with Gasteiger partial charge in [0.2, 0.25) is 0 Å². The molecule has 0 bridgehead atoms. The largest absolute Gasteiger partial charge is 0.481 e. The van der Waals surface area contributed by atoms with Gasteiger partial charge >= 0.3 is 5.97 Å². The van der Waals surface area contributed by atoms with Crippen molar-refractivity contribution in [2.24, 2.45) is 0 Å². The molecule has 0 aliphatic heterocycles. The van der Waals surface area contributed by atoms with Crippen molar-refractivity contribution in [1.82, 2.24) is 0 Å². The number of carboxylic acid groups (broad SMARTS) is 1. The van der Waals surface area contributed by atoms with Crippen LogP contribution in [0.1, 0.15) is 12.0 Å². The SMILES string of the molecule is O=C(O)CCN(Cc1ccc(F)cc1)c1ccc(F)cc1. The number of anilines is 1. The summed E-state index contributed by atoms with van der Waals surface area (Å²) in [6, 6.07) is 11.9. The lowest BCUT2D eigenvalue weighted by molar-refractivity contribution is -0.136. The molecule has 0 aromatic heterocycles. The van der Waals surface area contributed by atoms with Crippen LogP contribution in [0.4, 0.5) is 14.5 Å². The van der Waals surface area contributed by atoms with Gasteiger partial charge in [-0.3, -0.25) is 4.79 Å². The van der Waals surface area contributed by atoms with E-state index in [1.807, 2.05) is 4.90 Å². The lowest BCUT2D eigenvalue weighted by Crippen LogP contribution is -2.25. The van der Waals surface area contributed by atoms with Crippen LogP contribution in [-0.2, 0) is 11.3 Å². The first-order chi connectivity index (χ1) is 10.0. The van der Waals surface area contributed by atoms with Crippen molar-refractivity contribution < 1.29 is 18.7 Å². The van der Waals surface area contributed by atoms with Crippen LogP contribution in [-0.4, -0.2) is 17.6 Å². The van der Waals surface area contributed by atoms with Crippen molar-refractivity contribution in [3.8, 4) is 0 Å². The fourth-order valence-corrected chi connectivity index (χ4v) is 1.99. The van der Waals surface area contributed by atoms with Crippen molar-refractivity contribution >= 4 is 11.7 Å². The highest BCUT2D eigenvalue weighted by atomic mass is 19.1. The maximum atomic E-state index is 13.0. The van der Waals surface area contributed by atoms with Crippen LogP contribution in [0.25, 0.3) is 0 Å². The molecule has 0 aliphatic rings. The first-order valence-electron chi connectivity index (χ1n) is 6.51. The second kappa shape index (κ2) is 6.83. The summed E-state index contributed by atoms with van der Waals surface area (Å²) in [5.41, 5.74) is 1.58. The Hall–Kier alpha value is -2.43. The molecule has 21 heavy (non-hydrogen) atoms. The van der Waals surface area contributed by atoms with Gasteiger partial charge in [-0.15, -0.1) is 0 Å². The molecular formula is C16H15F2NO2. The highest BCUT2D eigenvalue weighted by Crippen LogP contribution is 2.18. The lowest BCUT2D eigenvalue weighted by atomic mass is 10.2. The quantitative estimate of drug-likeness (QED) is 0.886. The van der Waals surface area contributed by atoms with Crippen LogP contribution in [0.15, 0.2) is 48.5 Å². The number of hydrogen-bond acceptors (Lipinski definition) is 2. The van der Waals surface area contributed by atoms with E-state index in [1.165, 1.54) is 24.3 Å². The zero-order valence-corrected chi connectivity index (χ0v) is 11.3. The van der Waals surface area contributed by atoms with Crippen LogP contribution in [0.5, 0.6) is 0 Å². The number of halogens is 2. The van der Waals surface area contributed by atoms with Crippen LogP contribution < -0.4 is 4.90 Å². The second-order valence-electron chi connectivity index (χ2n) is 4.67. The Balaban J connectivity index is 2.16. The molecule has 110 valence electrons. The third-order valence-electron chi connectivity index (χ3n) is 3.07. The van der Waals surface area contributed by atoms with Crippen molar-refractivity contribution in [1.29, 1.82) is 0 Å². The summed E-state index contributed by atoms with van der Waals surface area (Å²) < 4.78 is 25.9. The molecule has 0 spiro atoms. The Kier molecular flexibility index (Phi) is 4.87. The van der Waals surface area contributed by atoms with E-state index in [0.29, 0.717) is 13.1 Å². The third-order valence-corrected chi connectivity index (χ3v) is 3.07. The van der Waals surface area contributed by atoms with E-state index in [2.05, 4.69) is 0 Å². The number of carboxylic acids is 1. The molecule has 0 unspecified atom stereocenters. The van der Waals surface area contributed by atoms with E-state index in [9.17, 15) is 13.6 Å². The molecule has 1 N–H and O–H groups in total. The molecule has 5 heteroatoms. The van der Waals surface area contributed by atoms with Gasteiger partial charge in [0, 0.05) is 18.8 Å². The molecule has 2 rings (SSSR count). The molecule has 0 saturated carbocycles. The van der Waals surface area contributed by atoms with Gasteiger partial charge in [-0.1, -0.05) is 12.1 Å². The van der Waals surface area contributed by atoms with Crippen LogP contribution in [0.2, 0.25) is 0 Å². The normalized spacial score (nSPS) is 10.4. The molecule has 0 saturated heterocycles. The highest BCUT2D eigenvalue weighted by molar-refractivity contribution is 5.67. The minimum Gasteiger partial charge on any atom is -0.481 e. The van der Waals surface area contributed by atoms with E-state index < -0.39 is 5.97 Å². The first kappa shape index (κ1) is 15.0. The Morgan fingerprint density at radius 3 is 2.00 bits per heavy atom. The number of aliphatic carboxylic acids is 1. The minimum atomic E-state index is -0.902. The summed E-state index contributed by atoms with van der Waals surface area (Å²) in [5, 5.41) is 8.82. The van der Waals surface area contributed by atoms with Crippen LogP contribution in [0, 0.1) is 11.6 Å². The van der Waals surface area contributed by atoms with E-state index in [-0.39, 0.29) is 18.1 Å². The smallest absolute Gasteiger partial charge is 0.305 e. The summed E-state index contributed by atoms with van der Waals surface area (Å²) in [4.78, 5) is 12.6. The summed E-state index contributed by atoms with van der Waals surface area (Å²) in [5.74, 6) is -1.57. The molecule has 0 fully saturated rings. The van der Waals surface area contributed by atoms with E-state index >= 15 is 0 Å². The summed E-state index contributed by atoms with van der Waals surface area (Å²) >= 11 is 0. The van der Waals surface area contributed by atoms with E-state index in [0.717, 1.165) is 11.3 Å². The van der Waals surface area contributed by atoms with Crippen molar-refractivity contribution in [2.75, 3.05) is 11.4 Å². The predicted molar refractivity (Wildman–Crippen MR) is 76.1 cm³/mol. The molecule has 2 aromatic rings. The van der Waals surface area contributed by atoms with Crippen molar-refractivity contribution in [3.63, 3.8) is 0 Å². The maximum Gasteiger partial charge on any atom is 0.305 e. The number of rotatable bonds is 6. The van der Waals surface area contributed by atoms with Gasteiger partial charge in [0.15, 0.2) is 0 Å². The summed E-state index contributed by atoms with van der Waals surface area (Å²) in [7, 11) is 0. The van der Waals surface area contributed by atoms with Crippen LogP contribution in [0.3, 0.4) is 0 Å². The van der Waals surface area contributed by atoms with E-state index in [4.69, 9.17) is 5.11 Å². The molecule has 0 heterocycles. The van der Waals surface area contributed by atoms with Crippen molar-refractivity contribution in [3.05, 3.63) is 65.7 Å². The zero-order valence-electron chi connectivity index (χ0n) is 11.3. The van der Waals surface area contributed by atoms with Gasteiger partial charge < -0.3 is 10.0 Å². The van der Waals surface area contributed by atoms with Gasteiger partial charge in [-0.25, -0.2) is 8.78 Å². The Bertz CT molecular complexity index is 597. The molecule has 0 amide bonds. The zero-order chi connectivity index (χ0) is 15.2. The van der Waals surface area contributed by atoms with Gasteiger partial charge in [-0.2, -0.15) is 0 Å². The fraction of sp³-hybridized carbons (Fsp3) is 0.188. The fourth-order valence-electron chi connectivity index (χ4n) is 1.99. The summed E-state index contributed by atoms with van der Waals surface area (Å²) in [6.45, 7) is 0.720. The number of carbonyl (C=O) groups is 1. The molecule has 0 aliphatic carbocycles. The van der Waals surface area contributed by atoms with Gasteiger partial charge in [0.05, 0.1) is 6.42 Å². The summed E-state index contributed by atoms with van der Waals surface area (Å²) in [6.07, 6.45) is -0.0292. The average molecular weight is 291 g/mol. The van der Waals surface area contributed by atoms with Crippen LogP contribution >= 0.6 is 0 Å². The van der Waals surface area contributed by atoms with Gasteiger partial charge in [0.25, 0.3) is 0 Å². The monoisotopic (exact) mass is 291 g/mol. The minimum absolute atomic E-state index is 0.0292. The van der Waals surface area contributed by atoms with Crippen molar-refractivity contribution in [2.45, 2.75) is 13.0 Å². The Morgan fingerprint density at radius 2 is 1.48 bits per heavy atom. The molecule has 0 atom stereocenters. The van der Waals surface area contributed by atoms with Gasteiger partial charge in [0.1, 0.15) is 11.6 Å². The molecule has 2 aromatic carbocycles.